The Balaban J connectivity index is 0. The van der Waals surface area contributed by atoms with Gasteiger partial charge in [0.2, 0.25) is 0 Å². The average molecular weight is 326 g/mol. The Hall–Kier alpha value is 2.70. The third-order valence-corrected chi connectivity index (χ3v) is 0. The van der Waals surface area contributed by atoms with Crippen LogP contribution in [0, 0.1) is 0 Å². The maximum atomic E-state index is 0. The second-order valence-electron chi connectivity index (χ2n) is 0. The first-order valence-corrected chi connectivity index (χ1v) is 0. The molecule has 0 amide bonds. The summed E-state index contributed by atoms with van der Waals surface area (Å²) in [7, 11) is 0. The summed E-state index contributed by atoms with van der Waals surface area (Å²) in [4.78, 5) is 0. The molecule has 0 aromatic heterocycles. The summed E-state index contributed by atoms with van der Waals surface area (Å²) in [5.41, 5.74) is 0. The van der Waals surface area contributed by atoms with E-state index in [2.05, 4.69) is 0 Å². The van der Waals surface area contributed by atoms with Crippen LogP contribution >= 0.6 is 0 Å². The fraction of sp³-hybridized carbons (Fsp3) is 0. The zero-order valence-corrected chi connectivity index (χ0v) is 13.5. The van der Waals surface area contributed by atoms with Gasteiger partial charge in [0, 0.05) is 83.6 Å². The molecule has 0 saturated carbocycles. The first-order chi connectivity index (χ1) is 0. The minimum absolute atomic E-state index is 0. The van der Waals surface area contributed by atoms with Crippen LogP contribution in [0.2, 0.25) is 0 Å². The van der Waals surface area contributed by atoms with Gasteiger partial charge in [-0.2, -0.15) is 0 Å². The summed E-state index contributed by atoms with van der Waals surface area (Å²) < 4.78 is 0. The third-order valence-electron chi connectivity index (χ3n) is 0. The van der Waals surface area contributed by atoms with Crippen LogP contribution in [0.4, 0.5) is 0 Å². The fourth-order valence-corrected chi connectivity index (χ4v) is 0. The summed E-state index contributed by atoms with van der Waals surface area (Å²) in [6.07, 6.45) is 0. The molecule has 5 radical (unpaired) electrons. The van der Waals surface area contributed by atoms with Crippen LogP contribution in [0.15, 0.2) is 0 Å². The Kier molecular flexibility index (Phi) is 129. The van der Waals surface area contributed by atoms with E-state index in [1.54, 1.807) is 0 Å². The van der Waals surface area contributed by atoms with E-state index in [-0.39, 0.29) is 83.6 Å². The van der Waals surface area contributed by atoms with Crippen LogP contribution in [0.25, 0.3) is 0 Å². The molecule has 0 aliphatic rings. The minimum Gasteiger partial charge on any atom is 0 e. The molecule has 4 heavy (non-hydrogen) atoms. The van der Waals surface area contributed by atoms with Crippen LogP contribution in [-0.2, 0) is 46.8 Å². The van der Waals surface area contributed by atoms with E-state index in [9.17, 15) is 0 Å². The molecule has 0 atom stereocenters. The largest absolute Gasteiger partial charge is 0 e. The molecule has 0 unspecified atom stereocenters. The maximum absolute atomic E-state index is 0. The van der Waals surface area contributed by atoms with Crippen molar-refractivity contribution in [3.63, 3.8) is 0 Å². The molecule has 0 nitrogen and oxygen atoms in total. The molecule has 0 aromatic carbocycles. The van der Waals surface area contributed by atoms with Gasteiger partial charge in [0.25, 0.3) is 0 Å². The zero-order valence-electron chi connectivity index (χ0n) is 2.40. The van der Waals surface area contributed by atoms with Gasteiger partial charge in [-0.05, 0) is 0 Å². The van der Waals surface area contributed by atoms with Gasteiger partial charge in [0.05, 0.1) is 0 Å². The second-order valence-corrected chi connectivity index (χ2v) is 0. The van der Waals surface area contributed by atoms with Crippen LogP contribution in [0.1, 0.15) is 0 Å². The maximum Gasteiger partial charge on any atom is 0 e. The molecule has 0 aliphatic carbocycles. The Morgan fingerprint density at radius 3 is 1.00 bits per heavy atom. The Bertz CT molecular complexity index is 8.00. The van der Waals surface area contributed by atoms with E-state index in [1.165, 1.54) is 0 Å². The summed E-state index contributed by atoms with van der Waals surface area (Å²) in [6, 6.07) is 0. The van der Waals surface area contributed by atoms with Crippen molar-refractivity contribution in [1.82, 2.24) is 0 Å². The first-order valence-electron chi connectivity index (χ1n) is 0. The van der Waals surface area contributed by atoms with Gasteiger partial charge in [0.1, 0.15) is 0 Å². The van der Waals surface area contributed by atoms with Crippen LogP contribution in [0.3, 0.4) is 0 Å². The Morgan fingerprint density at radius 2 is 1.00 bits per heavy atom. The topological polar surface area (TPSA) is 0 Å². The predicted molar refractivity (Wildman–Crippen MR) is 11.5 cm³/mol. The van der Waals surface area contributed by atoms with Gasteiger partial charge < -0.3 is 0 Å². The van der Waals surface area contributed by atoms with Gasteiger partial charge in [0.15, 0.2) is 0 Å². The molecule has 13 valence electrons. The normalized spacial score (nSPS) is 0. The number of hydrogen-bond acceptors (Lipinski definition) is 0. The molecular formula is CdGaSeZn. The average Bonchev–Trinajstić information content (AvgIpc) is 0. The molecule has 4 heteroatoms. The standard InChI is InChI=1S/Cd.Ga.Se.Zn. The molecule has 0 rings (SSSR count). The first kappa shape index (κ1) is 29.9. The minimum atomic E-state index is 0. The monoisotopic (exact) mass is 327 g/mol. The smallest absolute Gasteiger partial charge is 0 e. The summed E-state index contributed by atoms with van der Waals surface area (Å²) in [5, 5.41) is 0. The van der Waals surface area contributed by atoms with E-state index in [0.717, 1.165) is 0 Å². The van der Waals surface area contributed by atoms with E-state index in [0.29, 0.717) is 0 Å². The van der Waals surface area contributed by atoms with Crippen molar-refractivity contribution in [3.8, 4) is 0 Å². The van der Waals surface area contributed by atoms with Gasteiger partial charge in [-0.25, -0.2) is 0 Å². The fourth-order valence-electron chi connectivity index (χ4n) is 0. The SMILES string of the molecule is [Cd].[Ga].[Se].[Zn]. The van der Waals surface area contributed by atoms with Gasteiger partial charge in [-0.1, -0.05) is 0 Å². The summed E-state index contributed by atoms with van der Waals surface area (Å²) in [5.74, 6) is 0. The van der Waals surface area contributed by atoms with Crippen molar-refractivity contribution in [1.29, 1.82) is 0 Å². The quantitative estimate of drug-likeness (QED) is 0.513. The molecule has 0 saturated heterocycles. The van der Waals surface area contributed by atoms with E-state index in [1.807, 2.05) is 0 Å². The molecule has 0 aromatic rings. The van der Waals surface area contributed by atoms with Crippen molar-refractivity contribution in [2.45, 2.75) is 0 Å². The van der Waals surface area contributed by atoms with Crippen molar-refractivity contribution in [3.05, 3.63) is 0 Å². The number of hydrogen-bond donors (Lipinski definition) is 0. The van der Waals surface area contributed by atoms with Gasteiger partial charge in [-0.15, -0.1) is 0 Å². The molecule has 0 N–H and O–H groups in total. The van der Waals surface area contributed by atoms with Crippen molar-refractivity contribution < 1.29 is 46.8 Å². The van der Waals surface area contributed by atoms with Crippen molar-refractivity contribution in [2.75, 3.05) is 0 Å². The molecule has 0 bridgehead atoms. The molecule has 0 heterocycles. The molecule has 0 aliphatic heterocycles. The zero-order chi connectivity index (χ0) is 0. The summed E-state index contributed by atoms with van der Waals surface area (Å²) in [6.45, 7) is 0. The van der Waals surface area contributed by atoms with Gasteiger partial charge in [-0.3, -0.25) is 0 Å². The van der Waals surface area contributed by atoms with E-state index < -0.39 is 0 Å². The predicted octanol–water partition coefficient (Wildman–Crippen LogP) is -0.767. The van der Waals surface area contributed by atoms with Crippen LogP contribution < -0.4 is 0 Å². The third kappa shape index (κ3) is 8.83. The molecule has 0 fully saturated rings. The van der Waals surface area contributed by atoms with Gasteiger partial charge >= 0.3 is 0 Å². The molecule has 0 spiro atoms. The Labute approximate surface area is 82.3 Å². The summed E-state index contributed by atoms with van der Waals surface area (Å²) >= 11 is 0. The number of rotatable bonds is 0. The van der Waals surface area contributed by atoms with Crippen molar-refractivity contribution >= 4 is 36.9 Å². The van der Waals surface area contributed by atoms with Crippen molar-refractivity contribution in [2.24, 2.45) is 0 Å². The second kappa shape index (κ2) is 17.3. The van der Waals surface area contributed by atoms with Crippen LogP contribution in [-0.4, -0.2) is 36.9 Å². The van der Waals surface area contributed by atoms with Crippen LogP contribution in [0.5, 0.6) is 0 Å². The Morgan fingerprint density at radius 1 is 1.00 bits per heavy atom. The van der Waals surface area contributed by atoms with E-state index >= 15 is 0 Å². The van der Waals surface area contributed by atoms with E-state index in [4.69, 9.17) is 0 Å². The molecular weight excluding hydrogens is 326 g/mol.